The number of carbonyl (C=O) groups is 1. The Morgan fingerprint density at radius 2 is 2.12 bits per heavy atom. The fourth-order valence-electron chi connectivity index (χ4n) is 3.03. The lowest BCUT2D eigenvalue weighted by Crippen LogP contribution is -2.41. The van der Waals surface area contributed by atoms with Gasteiger partial charge in [-0.1, -0.05) is 0 Å². The van der Waals surface area contributed by atoms with Crippen LogP contribution in [0.4, 0.5) is 0 Å². The van der Waals surface area contributed by atoms with Gasteiger partial charge in [0.15, 0.2) is 5.65 Å². The number of aryl methyl sites for hydroxylation is 1. The third-order valence-electron chi connectivity index (χ3n) is 4.18. The number of aromatic nitrogens is 3. The minimum absolute atomic E-state index is 0.0424. The molecule has 5 nitrogen and oxygen atoms in total. The largest absolute Gasteiger partial charge is 0.332 e. The number of nitrogens with zero attached hydrogens (tertiary/aromatic N) is 4. The predicted octanol–water partition coefficient (Wildman–Crippen LogP) is 3.80. The van der Waals surface area contributed by atoms with Crippen molar-refractivity contribution in [2.24, 2.45) is 0 Å². The molecule has 1 amide bonds. The smallest absolute Gasteiger partial charge is 0.245 e. The van der Waals surface area contributed by atoms with Gasteiger partial charge in [-0.3, -0.25) is 4.79 Å². The van der Waals surface area contributed by atoms with E-state index < -0.39 is 0 Å². The summed E-state index contributed by atoms with van der Waals surface area (Å²) in [4.78, 5) is 19.3. The molecule has 3 aromatic heterocycles. The molecule has 3 heterocycles. The lowest BCUT2D eigenvalue weighted by Gasteiger charge is -2.32. The Hall–Kier alpha value is -2.21. The van der Waals surface area contributed by atoms with Crippen LogP contribution in [0.3, 0.4) is 0 Å². The van der Waals surface area contributed by atoms with E-state index in [-0.39, 0.29) is 24.5 Å². The van der Waals surface area contributed by atoms with Crippen LogP contribution in [0.15, 0.2) is 35.3 Å². The first-order valence-corrected chi connectivity index (χ1v) is 9.03. The molecule has 1 atom stereocenters. The second-order valence-electron chi connectivity index (χ2n) is 6.36. The predicted molar refractivity (Wildman–Crippen MR) is 97.0 cm³/mol. The number of hydrogen-bond donors (Lipinski definition) is 0. The molecule has 0 bridgehead atoms. The van der Waals surface area contributed by atoms with Gasteiger partial charge in [-0.2, -0.15) is 16.4 Å². The van der Waals surface area contributed by atoms with Crippen LogP contribution in [0.1, 0.15) is 37.9 Å². The molecule has 0 aromatic carbocycles. The fourth-order valence-corrected chi connectivity index (χ4v) is 3.78. The summed E-state index contributed by atoms with van der Waals surface area (Å²) in [5.41, 5.74) is 3.00. The highest BCUT2D eigenvalue weighted by atomic mass is 32.1. The average molecular weight is 342 g/mol. The molecule has 0 saturated heterocycles. The summed E-state index contributed by atoms with van der Waals surface area (Å²) in [6.07, 6.45) is 3.57. The maximum Gasteiger partial charge on any atom is 0.245 e. The zero-order chi connectivity index (χ0) is 17.3. The first-order valence-electron chi connectivity index (χ1n) is 8.09. The van der Waals surface area contributed by atoms with Crippen molar-refractivity contribution >= 4 is 28.3 Å². The summed E-state index contributed by atoms with van der Waals surface area (Å²) in [6, 6.07) is 4.26. The highest BCUT2D eigenvalue weighted by Crippen LogP contribution is 2.25. The molecule has 0 spiro atoms. The first kappa shape index (κ1) is 16.6. The standard InChI is InChI=1S/C18H22N4OS/c1-12(2)22(14(4)15-5-6-24-11-15)17(23)10-21-18-16(9-20-21)7-13(3)8-19-18/h5-9,11-12,14H,10H2,1-4H3. The van der Waals surface area contributed by atoms with Crippen LogP contribution in [-0.4, -0.2) is 31.6 Å². The number of amides is 1. The number of thiophene rings is 1. The third-order valence-corrected chi connectivity index (χ3v) is 4.89. The molecule has 0 aliphatic rings. The maximum absolute atomic E-state index is 12.9. The van der Waals surface area contributed by atoms with E-state index in [1.54, 1.807) is 28.4 Å². The van der Waals surface area contributed by atoms with Gasteiger partial charge in [-0.25, -0.2) is 9.67 Å². The second kappa shape index (κ2) is 6.73. The van der Waals surface area contributed by atoms with Crippen LogP contribution in [0.2, 0.25) is 0 Å². The number of hydrogen-bond acceptors (Lipinski definition) is 4. The van der Waals surface area contributed by atoms with Gasteiger partial charge in [0.1, 0.15) is 6.54 Å². The summed E-state index contributed by atoms with van der Waals surface area (Å²) in [5, 5.41) is 9.45. The Labute approximate surface area is 145 Å². The third kappa shape index (κ3) is 3.19. The van der Waals surface area contributed by atoms with Gasteiger partial charge in [0, 0.05) is 17.6 Å². The average Bonchev–Trinajstić information content (AvgIpc) is 3.17. The molecule has 3 aromatic rings. The maximum atomic E-state index is 12.9. The quantitative estimate of drug-likeness (QED) is 0.709. The summed E-state index contributed by atoms with van der Waals surface area (Å²) >= 11 is 1.65. The van der Waals surface area contributed by atoms with Crippen molar-refractivity contribution in [3.63, 3.8) is 0 Å². The van der Waals surface area contributed by atoms with Gasteiger partial charge in [0.2, 0.25) is 5.91 Å². The van der Waals surface area contributed by atoms with Crippen molar-refractivity contribution < 1.29 is 4.79 Å². The topological polar surface area (TPSA) is 51.0 Å². The van der Waals surface area contributed by atoms with Gasteiger partial charge in [0.25, 0.3) is 0 Å². The fraction of sp³-hybridized carbons (Fsp3) is 0.389. The molecule has 0 aliphatic heterocycles. The zero-order valence-corrected chi connectivity index (χ0v) is 15.2. The van der Waals surface area contributed by atoms with E-state index in [1.165, 1.54) is 5.56 Å². The van der Waals surface area contributed by atoms with Crippen molar-refractivity contribution in [1.82, 2.24) is 19.7 Å². The number of carbonyl (C=O) groups excluding carboxylic acids is 1. The number of pyridine rings is 1. The number of rotatable bonds is 5. The lowest BCUT2D eigenvalue weighted by atomic mass is 10.1. The van der Waals surface area contributed by atoms with Gasteiger partial charge in [-0.15, -0.1) is 0 Å². The van der Waals surface area contributed by atoms with E-state index in [0.717, 1.165) is 16.6 Å². The Bertz CT molecular complexity index is 838. The highest BCUT2D eigenvalue weighted by molar-refractivity contribution is 7.07. The summed E-state index contributed by atoms with van der Waals surface area (Å²) < 4.78 is 1.69. The molecule has 1 unspecified atom stereocenters. The molecular weight excluding hydrogens is 320 g/mol. The number of fused-ring (bicyclic) bond motifs is 1. The van der Waals surface area contributed by atoms with E-state index >= 15 is 0 Å². The lowest BCUT2D eigenvalue weighted by molar-refractivity contribution is -0.136. The van der Waals surface area contributed by atoms with E-state index in [1.807, 2.05) is 37.1 Å². The Morgan fingerprint density at radius 3 is 2.79 bits per heavy atom. The van der Waals surface area contributed by atoms with Crippen LogP contribution in [0.5, 0.6) is 0 Å². The van der Waals surface area contributed by atoms with Gasteiger partial charge < -0.3 is 4.90 Å². The molecule has 0 fully saturated rings. The SMILES string of the molecule is Cc1cnc2c(cnn2CC(=O)N(C(C)C)C(C)c2ccsc2)c1. The normalized spacial score (nSPS) is 12.7. The van der Waals surface area contributed by atoms with Crippen molar-refractivity contribution in [2.75, 3.05) is 0 Å². The monoisotopic (exact) mass is 342 g/mol. The highest BCUT2D eigenvalue weighted by Gasteiger charge is 2.25. The molecule has 126 valence electrons. The van der Waals surface area contributed by atoms with E-state index in [4.69, 9.17) is 0 Å². The molecule has 0 saturated carbocycles. The molecular formula is C18H22N4OS. The van der Waals surface area contributed by atoms with E-state index in [0.29, 0.717) is 0 Å². The van der Waals surface area contributed by atoms with Gasteiger partial charge in [0.05, 0.1) is 12.2 Å². The summed E-state index contributed by atoms with van der Waals surface area (Å²) in [6.45, 7) is 8.36. The zero-order valence-electron chi connectivity index (χ0n) is 14.4. The molecule has 0 N–H and O–H groups in total. The molecule has 6 heteroatoms. The van der Waals surface area contributed by atoms with Crippen molar-refractivity contribution in [2.45, 2.75) is 46.3 Å². The summed E-state index contributed by atoms with van der Waals surface area (Å²) in [5.74, 6) is 0.0519. The molecule has 24 heavy (non-hydrogen) atoms. The minimum atomic E-state index is 0.0424. The van der Waals surface area contributed by atoms with E-state index in [9.17, 15) is 4.79 Å². The Morgan fingerprint density at radius 1 is 1.33 bits per heavy atom. The van der Waals surface area contributed by atoms with Crippen LogP contribution in [0, 0.1) is 6.92 Å². The van der Waals surface area contributed by atoms with Crippen LogP contribution < -0.4 is 0 Å². The van der Waals surface area contributed by atoms with E-state index in [2.05, 4.69) is 28.5 Å². The molecule has 0 radical (unpaired) electrons. The van der Waals surface area contributed by atoms with Crippen LogP contribution in [-0.2, 0) is 11.3 Å². The van der Waals surface area contributed by atoms with Gasteiger partial charge in [-0.05, 0) is 61.7 Å². The second-order valence-corrected chi connectivity index (χ2v) is 7.14. The van der Waals surface area contributed by atoms with Gasteiger partial charge >= 0.3 is 0 Å². The van der Waals surface area contributed by atoms with Crippen LogP contribution in [0.25, 0.3) is 11.0 Å². The van der Waals surface area contributed by atoms with Crippen molar-refractivity contribution in [1.29, 1.82) is 0 Å². The first-order chi connectivity index (χ1) is 11.5. The van der Waals surface area contributed by atoms with Crippen LogP contribution >= 0.6 is 11.3 Å². The molecule has 3 rings (SSSR count). The minimum Gasteiger partial charge on any atom is -0.332 e. The van der Waals surface area contributed by atoms with Crippen molar-refractivity contribution in [3.05, 3.63) is 46.4 Å². The summed E-state index contributed by atoms with van der Waals surface area (Å²) in [7, 11) is 0. The van der Waals surface area contributed by atoms with Crippen molar-refractivity contribution in [3.8, 4) is 0 Å². The Balaban J connectivity index is 1.85. The Kier molecular flexibility index (Phi) is 4.66. The molecule has 0 aliphatic carbocycles.